The Kier molecular flexibility index (Phi) is 3.38. The van der Waals surface area contributed by atoms with E-state index in [2.05, 4.69) is 0 Å². The topological polar surface area (TPSA) is 54.4 Å². The molecule has 1 unspecified atom stereocenters. The molecule has 0 amide bonds. The Morgan fingerprint density at radius 2 is 2.42 bits per heavy atom. The number of Topliss-reactive ketones (excluding diaryl/α,β-unsaturated/α-hetero) is 1. The van der Waals surface area contributed by atoms with Gasteiger partial charge in [-0.05, 0) is 0 Å². The molecule has 0 saturated heterocycles. The van der Waals surface area contributed by atoms with Gasteiger partial charge in [-0.3, -0.25) is 0 Å². The predicted molar refractivity (Wildman–Crippen MR) is 46.4 cm³/mol. The second kappa shape index (κ2) is 4.12. The maximum absolute atomic E-state index is 11.0. The first-order chi connectivity index (χ1) is 5.61. The van der Waals surface area contributed by atoms with E-state index < -0.39 is 27.4 Å². The van der Waals surface area contributed by atoms with Crippen LogP contribution < -0.4 is 0 Å². The van der Waals surface area contributed by atoms with Crippen LogP contribution >= 0.6 is 0 Å². The van der Waals surface area contributed by atoms with Crippen molar-refractivity contribution in [2.24, 2.45) is 0 Å². The number of rotatable bonds is 2. The predicted octanol–water partition coefficient (Wildman–Crippen LogP) is 1.02. The van der Waals surface area contributed by atoms with Crippen molar-refractivity contribution in [1.82, 2.24) is 0 Å². The van der Waals surface area contributed by atoms with Crippen LogP contribution in [0.25, 0.3) is 0 Å². The van der Waals surface area contributed by atoms with Crippen molar-refractivity contribution in [3.63, 3.8) is 0 Å². The molecule has 0 aliphatic carbocycles. The van der Waals surface area contributed by atoms with Gasteiger partial charge in [0.1, 0.15) is 0 Å². The van der Waals surface area contributed by atoms with Crippen molar-refractivity contribution in [3.05, 3.63) is 9.91 Å². The van der Waals surface area contributed by atoms with Crippen LogP contribution in [0.15, 0.2) is 9.91 Å². The third kappa shape index (κ3) is 2.37. The fourth-order valence-corrected chi connectivity index (χ4v) is 8.07. The monoisotopic (exact) mass is 270 g/mol. The summed E-state index contributed by atoms with van der Waals surface area (Å²) in [4.78, 5) is 21.6. The number of allylic oxidation sites excluding steroid dienone is 1. The summed E-state index contributed by atoms with van der Waals surface area (Å²) in [6, 6.07) is 0. The van der Waals surface area contributed by atoms with E-state index in [0.29, 0.717) is 10.6 Å². The number of carboxylic acid groups (broad SMARTS) is 1. The summed E-state index contributed by atoms with van der Waals surface area (Å²) in [5, 5.41) is 8.73. The van der Waals surface area contributed by atoms with Crippen LogP contribution in [0, 0.1) is 0 Å². The van der Waals surface area contributed by atoms with Crippen molar-refractivity contribution >= 4 is 33.2 Å². The SMILES string of the molecule is C[CH](C(=O)O)[In]1[CH]=CCC(=O)[CH2]1. The summed E-state index contributed by atoms with van der Waals surface area (Å²) in [5.74, 6) is -0.512. The molecule has 0 aromatic rings. The third-order valence-electron chi connectivity index (χ3n) is 2.22. The van der Waals surface area contributed by atoms with Gasteiger partial charge >= 0.3 is 79.0 Å². The number of aliphatic carboxylic acids is 1. The summed E-state index contributed by atoms with van der Waals surface area (Å²) >= 11 is -2.16. The van der Waals surface area contributed by atoms with E-state index in [-0.39, 0.29) is 9.46 Å². The molecular weight excluding hydrogens is 259 g/mol. The molecule has 1 N–H and O–H groups in total. The number of hydrogen-bond donors (Lipinski definition) is 1. The average Bonchev–Trinajstić information content (AvgIpc) is 2.03. The Labute approximate surface area is 79.0 Å². The molecule has 0 spiro atoms. The summed E-state index contributed by atoms with van der Waals surface area (Å²) in [7, 11) is 0. The van der Waals surface area contributed by atoms with E-state index in [1.807, 2.05) is 9.91 Å². The molecule has 1 aliphatic heterocycles. The summed E-state index contributed by atoms with van der Waals surface area (Å²) < 4.78 is 2.39. The van der Waals surface area contributed by atoms with Gasteiger partial charge in [0.15, 0.2) is 0 Å². The fraction of sp³-hybridized carbons (Fsp3) is 0.500. The van der Waals surface area contributed by atoms with E-state index >= 15 is 0 Å². The second-order valence-electron chi connectivity index (χ2n) is 3.17. The maximum atomic E-state index is 11.0. The van der Waals surface area contributed by atoms with Crippen LogP contribution in [0.1, 0.15) is 13.3 Å². The molecule has 3 nitrogen and oxygen atoms in total. The molecule has 0 saturated carbocycles. The number of carboxylic acids is 1. The second-order valence-corrected chi connectivity index (χ2v) is 12.1. The zero-order valence-corrected chi connectivity index (χ0v) is 10.3. The van der Waals surface area contributed by atoms with Crippen molar-refractivity contribution in [2.45, 2.75) is 21.2 Å². The van der Waals surface area contributed by atoms with Gasteiger partial charge in [-0.1, -0.05) is 0 Å². The molecule has 4 heteroatoms. The molecule has 0 fully saturated rings. The first-order valence-corrected chi connectivity index (χ1v) is 10.2. The van der Waals surface area contributed by atoms with Crippen LogP contribution in [-0.2, 0) is 9.59 Å². The molecule has 1 heterocycles. The van der Waals surface area contributed by atoms with Crippen molar-refractivity contribution in [1.29, 1.82) is 0 Å². The van der Waals surface area contributed by atoms with Gasteiger partial charge in [0.05, 0.1) is 0 Å². The van der Waals surface area contributed by atoms with Crippen LogP contribution in [0.5, 0.6) is 0 Å². The van der Waals surface area contributed by atoms with Gasteiger partial charge in [0.2, 0.25) is 0 Å². The summed E-state index contributed by atoms with van der Waals surface area (Å²) in [6.45, 7) is 1.73. The first kappa shape index (κ1) is 9.84. The molecule has 1 rings (SSSR count). The van der Waals surface area contributed by atoms with Crippen molar-refractivity contribution in [2.75, 3.05) is 0 Å². The number of carbonyl (C=O) groups is 2. The minimum absolute atomic E-state index is 0.228. The van der Waals surface area contributed by atoms with Crippen LogP contribution in [0.3, 0.4) is 0 Å². The van der Waals surface area contributed by atoms with Crippen molar-refractivity contribution in [3.8, 4) is 0 Å². The summed E-state index contributed by atoms with van der Waals surface area (Å²) in [5.41, 5.74) is 0. The van der Waals surface area contributed by atoms with Gasteiger partial charge in [0, 0.05) is 0 Å². The van der Waals surface area contributed by atoms with Gasteiger partial charge in [-0.2, -0.15) is 0 Å². The Morgan fingerprint density at radius 1 is 1.75 bits per heavy atom. The Balaban J connectivity index is 2.63. The Bertz CT molecular complexity index is 234. The zero-order chi connectivity index (χ0) is 9.14. The van der Waals surface area contributed by atoms with E-state index in [9.17, 15) is 9.59 Å². The minimum atomic E-state index is -2.16. The van der Waals surface area contributed by atoms with E-state index in [1.54, 1.807) is 6.92 Å². The fourth-order valence-electron chi connectivity index (χ4n) is 1.32. The molecule has 0 aromatic heterocycles. The standard InChI is InChI=1S/C5H6O.C3H5O2.In/c1-3-4-5(2)6;1-2-3(4)5;/h1,3H,2,4H2;2H,1H3,(H,4,5);. The summed E-state index contributed by atoms with van der Waals surface area (Å²) in [6.07, 6.45) is 2.37. The molecular formula is C8H11InO3. The third-order valence-corrected chi connectivity index (χ3v) is 11.5. The van der Waals surface area contributed by atoms with E-state index in [4.69, 9.17) is 5.11 Å². The molecule has 64 valence electrons. The first-order valence-electron chi connectivity index (χ1n) is 4.02. The molecule has 0 bridgehead atoms. The number of ketones is 1. The van der Waals surface area contributed by atoms with Gasteiger partial charge in [-0.15, -0.1) is 0 Å². The van der Waals surface area contributed by atoms with Gasteiger partial charge in [0.25, 0.3) is 0 Å². The zero-order valence-electron chi connectivity index (χ0n) is 6.99. The molecule has 12 heavy (non-hydrogen) atoms. The molecule has 1 aliphatic rings. The Hall–Kier alpha value is -0.250. The molecule has 0 aromatic carbocycles. The van der Waals surface area contributed by atoms with Crippen LogP contribution in [-0.4, -0.2) is 38.3 Å². The van der Waals surface area contributed by atoms with Crippen LogP contribution in [0.2, 0.25) is 7.85 Å². The van der Waals surface area contributed by atoms with Crippen LogP contribution in [0.4, 0.5) is 0 Å². The van der Waals surface area contributed by atoms with Gasteiger partial charge < -0.3 is 0 Å². The Morgan fingerprint density at radius 3 is 2.92 bits per heavy atom. The van der Waals surface area contributed by atoms with E-state index in [0.717, 1.165) is 0 Å². The van der Waals surface area contributed by atoms with Crippen molar-refractivity contribution < 1.29 is 14.7 Å². The number of hydrogen-bond acceptors (Lipinski definition) is 2. The normalized spacial score (nSPS) is 19.4. The average molecular weight is 270 g/mol. The van der Waals surface area contributed by atoms with Gasteiger partial charge in [-0.25, -0.2) is 0 Å². The quantitative estimate of drug-likeness (QED) is 0.815. The molecule has 1 atom stereocenters. The van der Waals surface area contributed by atoms with E-state index in [1.165, 1.54) is 0 Å². The number of carbonyl (C=O) groups excluding carboxylic acids is 1. The molecule has 0 radical (unpaired) electrons.